The van der Waals surface area contributed by atoms with E-state index in [1.807, 2.05) is 0 Å². The Morgan fingerprint density at radius 3 is 2.72 bits per heavy atom. The van der Waals surface area contributed by atoms with Crippen LogP contribution in [0.25, 0.3) is 0 Å². The Hall–Kier alpha value is -2.28. The van der Waals surface area contributed by atoms with Gasteiger partial charge in [0.15, 0.2) is 12.4 Å². The van der Waals surface area contributed by atoms with Crippen molar-refractivity contribution in [3.63, 3.8) is 0 Å². The highest BCUT2D eigenvalue weighted by molar-refractivity contribution is 7.89. The minimum absolute atomic E-state index is 0.0297. The summed E-state index contributed by atoms with van der Waals surface area (Å²) in [5.74, 6) is -0.622. The topological polar surface area (TPSA) is 137 Å². The highest BCUT2D eigenvalue weighted by Crippen LogP contribution is 2.31. The van der Waals surface area contributed by atoms with Crippen LogP contribution in [-0.4, -0.2) is 75.7 Å². The van der Waals surface area contributed by atoms with Crippen molar-refractivity contribution in [2.75, 3.05) is 46.1 Å². The molecule has 0 radical (unpaired) electrons. The van der Waals surface area contributed by atoms with E-state index < -0.39 is 33.1 Å². The molecule has 0 aliphatic carbocycles. The van der Waals surface area contributed by atoms with Crippen LogP contribution < -0.4 is 10.1 Å². The molecule has 2 aliphatic rings. The number of nitro groups is 1. The van der Waals surface area contributed by atoms with Gasteiger partial charge < -0.3 is 19.5 Å². The maximum atomic E-state index is 12.7. The number of sulfonamides is 1. The molecule has 2 fully saturated rings. The number of carbonyl (C=O) groups excluding carboxylic acids is 1. The van der Waals surface area contributed by atoms with E-state index in [1.54, 1.807) is 0 Å². The fourth-order valence-corrected chi connectivity index (χ4v) is 4.51. The van der Waals surface area contributed by atoms with Crippen molar-refractivity contribution in [2.45, 2.75) is 23.8 Å². The van der Waals surface area contributed by atoms with Crippen molar-refractivity contribution >= 4 is 21.6 Å². The van der Waals surface area contributed by atoms with Crippen LogP contribution in [0.15, 0.2) is 23.1 Å². The van der Waals surface area contributed by atoms with Gasteiger partial charge in [0.2, 0.25) is 10.0 Å². The second-order valence-electron chi connectivity index (χ2n) is 6.63. The van der Waals surface area contributed by atoms with Gasteiger partial charge in [0, 0.05) is 32.3 Å². The van der Waals surface area contributed by atoms with Crippen molar-refractivity contribution in [2.24, 2.45) is 0 Å². The Morgan fingerprint density at radius 2 is 2.07 bits per heavy atom. The second kappa shape index (κ2) is 9.48. The molecule has 2 aliphatic heterocycles. The average Bonchev–Trinajstić information content (AvgIpc) is 3.25. The molecule has 0 bridgehead atoms. The lowest BCUT2D eigenvalue weighted by molar-refractivity contribution is -0.386. The number of carbonyl (C=O) groups is 1. The number of nitrogens with one attached hydrogen (secondary N) is 1. The number of hydrogen-bond donors (Lipinski definition) is 1. The third-order valence-corrected chi connectivity index (χ3v) is 6.54. The summed E-state index contributed by atoms with van der Waals surface area (Å²) in [6.07, 6.45) is 1.78. The zero-order valence-corrected chi connectivity index (χ0v) is 16.6. The molecular formula is C17H23N3O8S. The zero-order chi connectivity index (χ0) is 20.9. The molecule has 11 nitrogen and oxygen atoms in total. The molecule has 2 heterocycles. The molecule has 160 valence electrons. The first kappa shape index (κ1) is 21.4. The van der Waals surface area contributed by atoms with E-state index in [1.165, 1.54) is 16.4 Å². The molecule has 0 saturated carbocycles. The van der Waals surface area contributed by atoms with Crippen LogP contribution in [0.3, 0.4) is 0 Å². The number of ether oxygens (including phenoxy) is 3. The highest BCUT2D eigenvalue weighted by Gasteiger charge is 2.29. The van der Waals surface area contributed by atoms with Crippen molar-refractivity contribution in [3.8, 4) is 5.75 Å². The van der Waals surface area contributed by atoms with Crippen LogP contribution in [0.4, 0.5) is 5.69 Å². The third kappa shape index (κ3) is 5.41. The van der Waals surface area contributed by atoms with E-state index in [0.717, 1.165) is 18.9 Å². The Kier molecular flexibility index (Phi) is 7.00. The van der Waals surface area contributed by atoms with E-state index in [4.69, 9.17) is 14.2 Å². The number of nitrogens with zero attached hydrogens (tertiary/aromatic N) is 2. The van der Waals surface area contributed by atoms with E-state index in [9.17, 15) is 23.3 Å². The maximum Gasteiger partial charge on any atom is 0.312 e. The van der Waals surface area contributed by atoms with E-state index in [-0.39, 0.29) is 43.1 Å². The van der Waals surface area contributed by atoms with Gasteiger partial charge in [0.1, 0.15) is 0 Å². The van der Waals surface area contributed by atoms with Gasteiger partial charge in [0.05, 0.1) is 29.1 Å². The summed E-state index contributed by atoms with van der Waals surface area (Å²) in [5, 5.41) is 14.1. The van der Waals surface area contributed by atoms with Gasteiger partial charge >= 0.3 is 5.69 Å². The zero-order valence-electron chi connectivity index (χ0n) is 15.7. The van der Waals surface area contributed by atoms with E-state index >= 15 is 0 Å². The second-order valence-corrected chi connectivity index (χ2v) is 8.57. The first-order chi connectivity index (χ1) is 13.9. The minimum atomic E-state index is -3.88. The highest BCUT2D eigenvalue weighted by atomic mass is 32.2. The van der Waals surface area contributed by atoms with Crippen molar-refractivity contribution in [3.05, 3.63) is 28.3 Å². The summed E-state index contributed by atoms with van der Waals surface area (Å²) >= 11 is 0. The van der Waals surface area contributed by atoms with Crippen molar-refractivity contribution in [1.82, 2.24) is 9.62 Å². The number of nitro benzene ring substituents is 1. The maximum absolute atomic E-state index is 12.7. The van der Waals surface area contributed by atoms with Gasteiger partial charge in [-0.1, -0.05) is 0 Å². The molecule has 1 atom stereocenters. The van der Waals surface area contributed by atoms with Crippen LogP contribution in [0, 0.1) is 10.1 Å². The van der Waals surface area contributed by atoms with Crippen LogP contribution in [-0.2, 0) is 24.3 Å². The molecule has 3 rings (SSSR count). The summed E-state index contributed by atoms with van der Waals surface area (Å²) in [6.45, 7) is 1.48. The molecule has 12 heteroatoms. The van der Waals surface area contributed by atoms with Crippen LogP contribution >= 0.6 is 0 Å². The lowest BCUT2D eigenvalue weighted by Crippen LogP contribution is -2.40. The summed E-state index contributed by atoms with van der Waals surface area (Å²) in [4.78, 5) is 22.4. The Balaban J connectivity index is 1.66. The van der Waals surface area contributed by atoms with Gasteiger partial charge in [-0.05, 0) is 25.0 Å². The first-order valence-corrected chi connectivity index (χ1v) is 10.7. The Morgan fingerprint density at radius 1 is 1.31 bits per heavy atom. The number of amides is 1. The summed E-state index contributed by atoms with van der Waals surface area (Å²) in [6, 6.07) is 3.38. The molecule has 29 heavy (non-hydrogen) atoms. The van der Waals surface area contributed by atoms with Crippen LogP contribution in [0.5, 0.6) is 5.75 Å². The Bertz CT molecular complexity index is 848. The number of morpholine rings is 1. The van der Waals surface area contributed by atoms with Crippen molar-refractivity contribution < 1.29 is 32.3 Å². The SMILES string of the molecule is O=C(COc1ccc(S(=O)(=O)N2CCOCC2)cc1[N+](=O)[O-])NC[C@@H]1CCCO1. The molecule has 1 N–H and O–H groups in total. The van der Waals surface area contributed by atoms with Gasteiger partial charge in [-0.15, -0.1) is 0 Å². The monoisotopic (exact) mass is 429 g/mol. The molecule has 1 amide bonds. The first-order valence-electron chi connectivity index (χ1n) is 9.25. The Labute approximate surface area is 168 Å². The molecule has 0 aromatic heterocycles. The predicted molar refractivity (Wildman–Crippen MR) is 100 cm³/mol. The van der Waals surface area contributed by atoms with Crippen molar-refractivity contribution in [1.29, 1.82) is 0 Å². The fourth-order valence-electron chi connectivity index (χ4n) is 3.09. The van der Waals surface area contributed by atoms with Crippen LogP contribution in [0.2, 0.25) is 0 Å². The van der Waals surface area contributed by atoms with Gasteiger partial charge in [0.25, 0.3) is 5.91 Å². The lowest BCUT2D eigenvalue weighted by Gasteiger charge is -2.26. The van der Waals surface area contributed by atoms with E-state index in [0.29, 0.717) is 13.2 Å². The van der Waals surface area contributed by atoms with Gasteiger partial charge in [-0.3, -0.25) is 14.9 Å². The third-order valence-electron chi connectivity index (χ3n) is 4.64. The summed E-state index contributed by atoms with van der Waals surface area (Å²) in [5.41, 5.74) is -0.522. The number of hydrogen-bond acceptors (Lipinski definition) is 8. The molecule has 0 unspecified atom stereocenters. The largest absolute Gasteiger partial charge is 0.477 e. The number of benzene rings is 1. The predicted octanol–water partition coefficient (Wildman–Crippen LogP) is 0.290. The lowest BCUT2D eigenvalue weighted by atomic mass is 10.2. The standard InChI is InChI=1S/C17H23N3O8S/c21-17(18-11-13-2-1-7-27-13)12-28-16-4-3-14(10-15(16)20(22)23)29(24,25)19-5-8-26-9-6-19/h3-4,10,13H,1-2,5-9,11-12H2,(H,18,21)/t13-/m0/s1. The smallest absolute Gasteiger partial charge is 0.312 e. The quantitative estimate of drug-likeness (QED) is 0.460. The average molecular weight is 429 g/mol. The normalized spacial score (nSPS) is 20.3. The summed E-state index contributed by atoms with van der Waals surface area (Å²) < 4.78 is 42.4. The van der Waals surface area contributed by atoms with E-state index in [2.05, 4.69) is 5.32 Å². The molecule has 0 spiro atoms. The fraction of sp³-hybridized carbons (Fsp3) is 0.588. The summed E-state index contributed by atoms with van der Waals surface area (Å²) in [7, 11) is -3.88. The molecule has 1 aromatic rings. The molecule has 2 saturated heterocycles. The van der Waals surface area contributed by atoms with Gasteiger partial charge in [-0.25, -0.2) is 8.42 Å². The molecule has 1 aromatic carbocycles. The van der Waals surface area contributed by atoms with Crippen LogP contribution in [0.1, 0.15) is 12.8 Å². The minimum Gasteiger partial charge on any atom is -0.477 e. The number of rotatable bonds is 8. The molecular weight excluding hydrogens is 406 g/mol. The van der Waals surface area contributed by atoms with Gasteiger partial charge in [-0.2, -0.15) is 4.31 Å².